The number of aliphatic carboxylic acids is 1. The molecule has 1 saturated heterocycles. The van der Waals surface area contributed by atoms with Crippen molar-refractivity contribution in [3.05, 3.63) is 36.7 Å². The van der Waals surface area contributed by atoms with Gasteiger partial charge >= 0.3 is 5.97 Å². The van der Waals surface area contributed by atoms with Gasteiger partial charge in [0.25, 0.3) is 5.91 Å². The Balaban J connectivity index is 2.19. The lowest BCUT2D eigenvalue weighted by Crippen LogP contribution is -2.40. The summed E-state index contributed by atoms with van der Waals surface area (Å²) in [5.41, 5.74) is -0.894. The van der Waals surface area contributed by atoms with Gasteiger partial charge in [0.15, 0.2) is 11.4 Å². The van der Waals surface area contributed by atoms with Crippen molar-refractivity contribution in [3.8, 4) is 5.75 Å². The zero-order valence-electron chi connectivity index (χ0n) is 13.0. The molecule has 7 nitrogen and oxygen atoms in total. The third-order valence-corrected chi connectivity index (χ3v) is 3.85. The van der Waals surface area contributed by atoms with Gasteiger partial charge in [0.1, 0.15) is 12.0 Å². The van der Waals surface area contributed by atoms with E-state index in [1.165, 1.54) is 18.2 Å². The van der Waals surface area contributed by atoms with E-state index in [1.807, 2.05) is 0 Å². The van der Waals surface area contributed by atoms with Gasteiger partial charge in [-0.05, 0) is 18.6 Å². The van der Waals surface area contributed by atoms with E-state index < -0.39 is 11.4 Å². The van der Waals surface area contributed by atoms with Crippen LogP contribution in [0.4, 0.5) is 0 Å². The molecule has 0 radical (unpaired) electrons. The van der Waals surface area contributed by atoms with Crippen molar-refractivity contribution in [2.45, 2.75) is 6.42 Å². The van der Waals surface area contributed by atoms with Crippen LogP contribution >= 0.6 is 0 Å². The monoisotopic (exact) mass is 320 g/mol. The maximum atomic E-state index is 12.7. The Morgan fingerprint density at radius 3 is 3.00 bits per heavy atom. The number of carboxylic acid groups (broad SMARTS) is 1. The molecular formula is C16H20N2O5. The zero-order valence-corrected chi connectivity index (χ0v) is 13.0. The molecule has 1 atom stereocenters. The average Bonchev–Trinajstić information content (AvgIpc) is 2.98. The number of carbonyl (C=O) groups excluding carboxylic acids is 1. The summed E-state index contributed by atoms with van der Waals surface area (Å²) in [6.07, 6.45) is 3.42. The highest BCUT2D eigenvalue weighted by molar-refractivity contribution is 5.95. The second kappa shape index (κ2) is 7.23. The Hall–Kier alpha value is -2.41. The molecule has 0 bridgehead atoms. The summed E-state index contributed by atoms with van der Waals surface area (Å²) >= 11 is 0. The molecule has 1 fully saturated rings. The molecule has 0 aliphatic carbocycles. The molecule has 1 aliphatic rings. The van der Waals surface area contributed by atoms with Gasteiger partial charge < -0.3 is 19.5 Å². The predicted octanol–water partition coefficient (Wildman–Crippen LogP) is 1.21. The summed E-state index contributed by atoms with van der Waals surface area (Å²) in [7, 11) is 1.45. The van der Waals surface area contributed by atoms with Gasteiger partial charge in [-0.1, -0.05) is 12.7 Å². The van der Waals surface area contributed by atoms with Crippen molar-refractivity contribution in [1.82, 2.24) is 9.88 Å². The van der Waals surface area contributed by atoms with Crippen molar-refractivity contribution in [1.29, 1.82) is 0 Å². The molecule has 23 heavy (non-hydrogen) atoms. The second-order valence-corrected chi connectivity index (χ2v) is 5.45. The van der Waals surface area contributed by atoms with E-state index in [9.17, 15) is 14.7 Å². The van der Waals surface area contributed by atoms with Crippen LogP contribution < -0.4 is 4.74 Å². The average molecular weight is 320 g/mol. The van der Waals surface area contributed by atoms with Crippen molar-refractivity contribution in [3.63, 3.8) is 0 Å². The van der Waals surface area contributed by atoms with Crippen LogP contribution in [-0.4, -0.2) is 60.3 Å². The lowest BCUT2D eigenvalue weighted by Gasteiger charge is -2.24. The number of likely N-dealkylation sites (tertiary alicyclic amines) is 1. The Labute approximate surface area is 134 Å². The van der Waals surface area contributed by atoms with E-state index in [2.05, 4.69) is 11.6 Å². The number of aromatic nitrogens is 1. The Kier molecular flexibility index (Phi) is 5.33. The number of methoxy groups -OCH3 is 1. The molecule has 124 valence electrons. The maximum Gasteiger partial charge on any atom is 0.313 e. The van der Waals surface area contributed by atoms with Crippen LogP contribution in [0.1, 0.15) is 16.9 Å². The first-order chi connectivity index (χ1) is 11.0. The summed E-state index contributed by atoms with van der Waals surface area (Å²) in [5.74, 6) is -0.945. The molecule has 0 saturated carbocycles. The third kappa shape index (κ3) is 3.50. The molecule has 1 aliphatic heterocycles. The minimum Gasteiger partial charge on any atom is -0.487 e. The van der Waals surface area contributed by atoms with E-state index in [1.54, 1.807) is 18.2 Å². The molecule has 0 spiro atoms. The van der Waals surface area contributed by atoms with E-state index in [4.69, 9.17) is 9.47 Å². The van der Waals surface area contributed by atoms with Crippen LogP contribution in [0.2, 0.25) is 0 Å². The molecule has 1 aromatic heterocycles. The minimum absolute atomic E-state index is 0.0636. The second-order valence-electron chi connectivity index (χ2n) is 5.45. The van der Waals surface area contributed by atoms with Crippen molar-refractivity contribution >= 4 is 11.9 Å². The number of ether oxygens (including phenoxy) is 2. The largest absolute Gasteiger partial charge is 0.487 e. The molecule has 1 aromatic rings. The van der Waals surface area contributed by atoms with E-state index in [0.29, 0.717) is 18.7 Å². The van der Waals surface area contributed by atoms with Crippen molar-refractivity contribution in [2.75, 3.05) is 33.4 Å². The molecule has 2 heterocycles. The smallest absolute Gasteiger partial charge is 0.313 e. The summed E-state index contributed by atoms with van der Waals surface area (Å²) in [5, 5.41) is 9.47. The number of carboxylic acids is 1. The fourth-order valence-electron chi connectivity index (χ4n) is 2.64. The Morgan fingerprint density at radius 1 is 1.57 bits per heavy atom. The van der Waals surface area contributed by atoms with Crippen LogP contribution in [0.5, 0.6) is 5.75 Å². The first-order valence-electron chi connectivity index (χ1n) is 7.24. The van der Waals surface area contributed by atoms with Gasteiger partial charge in [0.2, 0.25) is 0 Å². The first-order valence-corrected chi connectivity index (χ1v) is 7.24. The number of nitrogens with zero attached hydrogens (tertiary/aromatic N) is 2. The van der Waals surface area contributed by atoms with Crippen molar-refractivity contribution in [2.24, 2.45) is 5.41 Å². The topological polar surface area (TPSA) is 89.0 Å². The van der Waals surface area contributed by atoms with E-state index in [0.717, 1.165) is 0 Å². The summed E-state index contributed by atoms with van der Waals surface area (Å²) in [6.45, 7) is 4.32. The lowest BCUT2D eigenvalue weighted by atomic mass is 9.88. The number of carbonyl (C=O) groups is 2. The van der Waals surface area contributed by atoms with Gasteiger partial charge in [0, 0.05) is 26.4 Å². The molecule has 1 amide bonds. The minimum atomic E-state index is -1.07. The van der Waals surface area contributed by atoms with Crippen LogP contribution in [0.15, 0.2) is 31.0 Å². The van der Waals surface area contributed by atoms with Gasteiger partial charge in [-0.25, -0.2) is 4.98 Å². The standard InChI is InChI=1S/C16H20N2O5/c1-3-9-23-12-5-4-7-17-13(12)14(19)18-8-6-16(10-18,11-22-2)15(20)21/h3-5,7H,1,6,8-11H2,2H3,(H,20,21). The number of amides is 1. The Bertz CT molecular complexity index is 604. The van der Waals surface area contributed by atoms with Gasteiger partial charge in [-0.3, -0.25) is 9.59 Å². The number of pyridine rings is 1. The highest BCUT2D eigenvalue weighted by Gasteiger charge is 2.47. The molecule has 0 aromatic carbocycles. The predicted molar refractivity (Wildman–Crippen MR) is 82.4 cm³/mol. The van der Waals surface area contributed by atoms with Gasteiger partial charge in [0.05, 0.1) is 6.61 Å². The lowest BCUT2D eigenvalue weighted by molar-refractivity contribution is -0.151. The fraction of sp³-hybridized carbons (Fsp3) is 0.438. The maximum absolute atomic E-state index is 12.7. The highest BCUT2D eigenvalue weighted by atomic mass is 16.5. The summed E-state index contributed by atoms with van der Waals surface area (Å²) in [6, 6.07) is 3.32. The first kappa shape index (κ1) is 17.0. The van der Waals surface area contributed by atoms with Crippen LogP contribution in [0.3, 0.4) is 0 Å². The Morgan fingerprint density at radius 2 is 2.35 bits per heavy atom. The van der Waals surface area contributed by atoms with Gasteiger partial charge in [-0.2, -0.15) is 0 Å². The zero-order chi connectivity index (χ0) is 16.9. The number of rotatable bonds is 7. The molecule has 7 heteroatoms. The van der Waals surface area contributed by atoms with Gasteiger partial charge in [-0.15, -0.1) is 0 Å². The SMILES string of the molecule is C=CCOc1cccnc1C(=O)N1CCC(COC)(C(=O)O)C1. The summed E-state index contributed by atoms with van der Waals surface area (Å²) in [4.78, 5) is 29.8. The third-order valence-electron chi connectivity index (χ3n) is 3.85. The van der Waals surface area contributed by atoms with Crippen LogP contribution in [-0.2, 0) is 9.53 Å². The molecular weight excluding hydrogens is 300 g/mol. The molecule has 2 rings (SSSR count). The van der Waals surface area contributed by atoms with Crippen LogP contribution in [0, 0.1) is 5.41 Å². The van der Waals surface area contributed by atoms with E-state index >= 15 is 0 Å². The number of hydrogen-bond donors (Lipinski definition) is 1. The van der Waals surface area contributed by atoms with Crippen molar-refractivity contribution < 1.29 is 24.2 Å². The quantitative estimate of drug-likeness (QED) is 0.760. The van der Waals surface area contributed by atoms with Crippen LogP contribution in [0.25, 0.3) is 0 Å². The normalized spacial score (nSPS) is 20.3. The van der Waals surface area contributed by atoms with E-state index in [-0.39, 0.29) is 31.4 Å². The highest BCUT2D eigenvalue weighted by Crippen LogP contribution is 2.32. The molecule has 1 unspecified atom stereocenters. The molecule has 1 N–H and O–H groups in total. The summed E-state index contributed by atoms with van der Waals surface area (Å²) < 4.78 is 10.5. The fourth-order valence-corrected chi connectivity index (χ4v) is 2.64. The number of hydrogen-bond acceptors (Lipinski definition) is 5.